The minimum atomic E-state index is -0.424. The van der Waals surface area contributed by atoms with Crippen molar-refractivity contribution in [3.63, 3.8) is 0 Å². The van der Waals surface area contributed by atoms with Gasteiger partial charge in [0.15, 0.2) is 0 Å². The van der Waals surface area contributed by atoms with Gasteiger partial charge in [-0.05, 0) is 18.4 Å². The lowest BCUT2D eigenvalue weighted by Crippen LogP contribution is -2.01. The Kier molecular flexibility index (Phi) is 2.86. The van der Waals surface area contributed by atoms with Crippen LogP contribution in [0.2, 0.25) is 0 Å². The number of ether oxygens (including phenoxy) is 1. The topological polar surface area (TPSA) is 22.1 Å². The second kappa shape index (κ2) is 3.73. The Morgan fingerprint density at radius 1 is 1.46 bits per heavy atom. The fourth-order valence-corrected chi connectivity index (χ4v) is 1.41. The van der Waals surface area contributed by atoms with Crippen molar-refractivity contribution >= 4 is 0 Å². The van der Waals surface area contributed by atoms with Gasteiger partial charge in [-0.2, -0.15) is 9.37 Å². The monoisotopic (exact) mass is 183 g/mol. The number of pyridine rings is 1. The summed E-state index contributed by atoms with van der Waals surface area (Å²) in [5, 5.41) is 0. The normalized spacial score (nSPS) is 10.6. The molecule has 0 N–H and O–H groups in total. The molecular weight excluding hydrogens is 169 g/mol. The molecule has 13 heavy (non-hydrogen) atoms. The molecule has 0 bridgehead atoms. The molecule has 72 valence electrons. The number of hydrogen-bond donors (Lipinski definition) is 0. The molecule has 0 radical (unpaired) electrons. The molecule has 0 aliphatic heterocycles. The van der Waals surface area contributed by atoms with E-state index in [0.29, 0.717) is 11.4 Å². The number of nitrogens with zero attached hydrogens (tertiary/aromatic N) is 1. The first kappa shape index (κ1) is 9.96. The Morgan fingerprint density at radius 3 is 2.46 bits per heavy atom. The Labute approximate surface area is 77.8 Å². The van der Waals surface area contributed by atoms with E-state index in [4.69, 9.17) is 4.74 Å². The van der Waals surface area contributed by atoms with Gasteiger partial charge in [0.1, 0.15) is 0 Å². The maximum atomic E-state index is 13.4. The summed E-state index contributed by atoms with van der Waals surface area (Å²) in [4.78, 5) is 3.68. The highest BCUT2D eigenvalue weighted by atomic mass is 19.1. The van der Waals surface area contributed by atoms with Crippen LogP contribution in [0.5, 0.6) is 5.88 Å². The molecule has 1 aromatic heterocycles. The fourth-order valence-electron chi connectivity index (χ4n) is 1.41. The summed E-state index contributed by atoms with van der Waals surface area (Å²) < 4.78 is 18.2. The van der Waals surface area contributed by atoms with E-state index >= 15 is 0 Å². The van der Waals surface area contributed by atoms with E-state index in [-0.39, 0.29) is 5.92 Å². The summed E-state index contributed by atoms with van der Waals surface area (Å²) in [7, 11) is 1.48. The minimum absolute atomic E-state index is 0.151. The molecule has 1 heterocycles. The average Bonchev–Trinajstić information content (AvgIpc) is 2.02. The quantitative estimate of drug-likeness (QED) is 0.657. The number of aromatic nitrogens is 1. The van der Waals surface area contributed by atoms with Gasteiger partial charge in [0.05, 0.1) is 7.11 Å². The Balaban J connectivity index is 3.23. The van der Waals surface area contributed by atoms with Gasteiger partial charge in [0.2, 0.25) is 11.8 Å². The van der Waals surface area contributed by atoms with Crippen molar-refractivity contribution in [1.29, 1.82) is 0 Å². The third-order valence-electron chi connectivity index (χ3n) is 1.98. The van der Waals surface area contributed by atoms with Crippen LogP contribution in [0.3, 0.4) is 0 Å². The van der Waals surface area contributed by atoms with Crippen LogP contribution in [-0.2, 0) is 0 Å². The van der Waals surface area contributed by atoms with Gasteiger partial charge in [-0.1, -0.05) is 13.8 Å². The van der Waals surface area contributed by atoms with Crippen molar-refractivity contribution in [3.05, 3.63) is 23.1 Å². The highest BCUT2D eigenvalue weighted by Crippen LogP contribution is 2.24. The molecule has 0 aliphatic rings. The standard InChI is InChI=1S/C10H14FNO/c1-6(2)9-7(3)5-8(13-4)12-10(9)11/h5-6H,1-4H3. The van der Waals surface area contributed by atoms with E-state index in [0.717, 1.165) is 5.56 Å². The van der Waals surface area contributed by atoms with Crippen molar-refractivity contribution in [2.75, 3.05) is 7.11 Å². The molecule has 0 aliphatic carbocycles. The third kappa shape index (κ3) is 1.97. The largest absolute Gasteiger partial charge is 0.481 e. The predicted molar refractivity (Wildman–Crippen MR) is 49.6 cm³/mol. The molecule has 3 heteroatoms. The number of aryl methyl sites for hydroxylation is 1. The number of hydrogen-bond acceptors (Lipinski definition) is 2. The van der Waals surface area contributed by atoms with Crippen LogP contribution in [0, 0.1) is 12.9 Å². The average molecular weight is 183 g/mol. The zero-order chi connectivity index (χ0) is 10.0. The van der Waals surface area contributed by atoms with Gasteiger partial charge >= 0.3 is 0 Å². The lowest BCUT2D eigenvalue weighted by Gasteiger charge is -2.11. The van der Waals surface area contributed by atoms with Crippen LogP contribution >= 0.6 is 0 Å². The van der Waals surface area contributed by atoms with Crippen molar-refractivity contribution in [2.45, 2.75) is 26.7 Å². The molecule has 0 spiro atoms. The second-order valence-corrected chi connectivity index (χ2v) is 3.34. The Hall–Kier alpha value is -1.12. The lowest BCUT2D eigenvalue weighted by molar-refractivity contribution is 0.384. The molecule has 0 aromatic carbocycles. The maximum absolute atomic E-state index is 13.4. The SMILES string of the molecule is COc1cc(C)c(C(C)C)c(F)n1. The molecule has 0 amide bonds. The molecule has 1 aromatic rings. The summed E-state index contributed by atoms with van der Waals surface area (Å²) in [5.74, 6) is 0.0599. The minimum Gasteiger partial charge on any atom is -0.481 e. The highest BCUT2D eigenvalue weighted by Gasteiger charge is 2.12. The summed E-state index contributed by atoms with van der Waals surface area (Å²) in [6, 6.07) is 1.75. The highest BCUT2D eigenvalue weighted by molar-refractivity contribution is 5.31. The number of methoxy groups -OCH3 is 1. The molecule has 2 nitrogen and oxygen atoms in total. The molecule has 0 atom stereocenters. The van der Waals surface area contributed by atoms with Crippen molar-refractivity contribution < 1.29 is 9.13 Å². The van der Waals surface area contributed by atoms with Crippen LogP contribution in [0.1, 0.15) is 30.9 Å². The summed E-state index contributed by atoms with van der Waals surface area (Å²) in [5.41, 5.74) is 1.56. The molecule has 1 rings (SSSR count). The first-order chi connectivity index (χ1) is 6.06. The van der Waals surface area contributed by atoms with Crippen LogP contribution in [0.25, 0.3) is 0 Å². The molecule has 0 unspecified atom stereocenters. The Bertz CT molecular complexity index is 287. The predicted octanol–water partition coefficient (Wildman–Crippen LogP) is 2.66. The van der Waals surface area contributed by atoms with Crippen LogP contribution in [-0.4, -0.2) is 12.1 Å². The Morgan fingerprint density at radius 2 is 2.08 bits per heavy atom. The van der Waals surface area contributed by atoms with Gasteiger partial charge in [-0.25, -0.2) is 0 Å². The van der Waals surface area contributed by atoms with Gasteiger partial charge in [-0.3, -0.25) is 0 Å². The van der Waals surface area contributed by atoms with Crippen molar-refractivity contribution in [3.8, 4) is 5.88 Å². The molecule has 0 fully saturated rings. The van der Waals surface area contributed by atoms with E-state index in [1.165, 1.54) is 7.11 Å². The van der Waals surface area contributed by atoms with E-state index in [2.05, 4.69) is 4.98 Å². The van der Waals surface area contributed by atoms with Crippen LogP contribution < -0.4 is 4.74 Å². The summed E-state index contributed by atoms with van der Waals surface area (Å²) >= 11 is 0. The summed E-state index contributed by atoms with van der Waals surface area (Å²) in [6.45, 7) is 5.75. The van der Waals surface area contributed by atoms with E-state index in [1.807, 2.05) is 20.8 Å². The van der Waals surface area contributed by atoms with Crippen molar-refractivity contribution in [1.82, 2.24) is 4.98 Å². The number of rotatable bonds is 2. The first-order valence-corrected chi connectivity index (χ1v) is 4.27. The zero-order valence-electron chi connectivity index (χ0n) is 8.39. The molecular formula is C10H14FNO. The fraction of sp³-hybridized carbons (Fsp3) is 0.500. The van der Waals surface area contributed by atoms with E-state index < -0.39 is 5.95 Å². The third-order valence-corrected chi connectivity index (χ3v) is 1.98. The van der Waals surface area contributed by atoms with Gasteiger partial charge in [0.25, 0.3) is 0 Å². The van der Waals surface area contributed by atoms with Gasteiger partial charge in [0, 0.05) is 11.6 Å². The van der Waals surface area contributed by atoms with Gasteiger partial charge < -0.3 is 4.74 Å². The van der Waals surface area contributed by atoms with Crippen LogP contribution in [0.15, 0.2) is 6.07 Å². The van der Waals surface area contributed by atoms with Gasteiger partial charge in [-0.15, -0.1) is 0 Å². The number of halogens is 1. The van der Waals surface area contributed by atoms with E-state index in [9.17, 15) is 4.39 Å². The lowest BCUT2D eigenvalue weighted by atomic mass is 10.0. The van der Waals surface area contributed by atoms with Crippen LogP contribution in [0.4, 0.5) is 4.39 Å². The maximum Gasteiger partial charge on any atom is 0.219 e. The van der Waals surface area contributed by atoms with Crippen molar-refractivity contribution in [2.24, 2.45) is 0 Å². The molecule has 0 saturated carbocycles. The zero-order valence-corrected chi connectivity index (χ0v) is 8.39. The second-order valence-electron chi connectivity index (χ2n) is 3.34. The molecule has 0 saturated heterocycles. The summed E-state index contributed by atoms with van der Waals surface area (Å²) in [6.07, 6.45) is 0. The first-order valence-electron chi connectivity index (χ1n) is 4.27. The van der Waals surface area contributed by atoms with E-state index in [1.54, 1.807) is 6.07 Å². The smallest absolute Gasteiger partial charge is 0.219 e.